The molecule has 3 nitrogen and oxygen atoms in total. The van der Waals surface area contributed by atoms with Crippen LogP contribution in [0, 0.1) is 5.92 Å². The number of rotatable bonds is 5. The predicted octanol–water partition coefficient (Wildman–Crippen LogP) is 2.82. The zero-order valence-corrected chi connectivity index (χ0v) is 12.4. The summed E-state index contributed by atoms with van der Waals surface area (Å²) in [5, 5.41) is 0. The standard InChI is InChI=1S/C16H26N2O/c1-4-9-18-11-16(12(2)3)19-15-6-5-13(7-8-17)10-14(15)18/h5-6,10,12,16H,4,7-9,11,17H2,1-3H3. The molecular weight excluding hydrogens is 236 g/mol. The molecule has 1 aliphatic heterocycles. The number of benzene rings is 1. The molecule has 2 N–H and O–H groups in total. The zero-order valence-electron chi connectivity index (χ0n) is 12.4. The quantitative estimate of drug-likeness (QED) is 0.887. The summed E-state index contributed by atoms with van der Waals surface area (Å²) >= 11 is 0. The van der Waals surface area contributed by atoms with Crippen LogP contribution in [-0.2, 0) is 6.42 Å². The first kappa shape index (κ1) is 14.2. The lowest BCUT2D eigenvalue weighted by Crippen LogP contribution is -2.43. The van der Waals surface area contributed by atoms with Crippen LogP contribution in [0.4, 0.5) is 5.69 Å². The summed E-state index contributed by atoms with van der Waals surface area (Å²) < 4.78 is 6.13. The molecule has 0 aromatic heterocycles. The molecule has 0 aliphatic carbocycles. The Bertz CT molecular complexity index is 417. The van der Waals surface area contributed by atoms with Crippen LogP contribution in [0.2, 0.25) is 0 Å². The molecule has 1 atom stereocenters. The summed E-state index contributed by atoms with van der Waals surface area (Å²) in [5.41, 5.74) is 8.19. The van der Waals surface area contributed by atoms with E-state index in [1.807, 2.05) is 0 Å². The van der Waals surface area contributed by atoms with Gasteiger partial charge >= 0.3 is 0 Å². The van der Waals surface area contributed by atoms with E-state index in [4.69, 9.17) is 10.5 Å². The van der Waals surface area contributed by atoms with Crippen LogP contribution < -0.4 is 15.4 Å². The Hall–Kier alpha value is -1.22. The van der Waals surface area contributed by atoms with Gasteiger partial charge in [0.2, 0.25) is 0 Å². The van der Waals surface area contributed by atoms with Crippen molar-refractivity contribution in [2.45, 2.75) is 39.7 Å². The minimum Gasteiger partial charge on any atom is -0.486 e. The third-order valence-electron chi connectivity index (χ3n) is 3.71. The van der Waals surface area contributed by atoms with Crippen LogP contribution in [-0.4, -0.2) is 25.7 Å². The summed E-state index contributed by atoms with van der Waals surface area (Å²) in [6, 6.07) is 6.49. The summed E-state index contributed by atoms with van der Waals surface area (Å²) in [7, 11) is 0. The number of fused-ring (bicyclic) bond motifs is 1. The van der Waals surface area contributed by atoms with E-state index in [1.54, 1.807) is 0 Å². The highest BCUT2D eigenvalue weighted by Crippen LogP contribution is 2.35. The van der Waals surface area contributed by atoms with E-state index in [0.717, 1.165) is 31.7 Å². The molecule has 1 aliphatic rings. The van der Waals surface area contributed by atoms with Crippen LogP contribution in [0.25, 0.3) is 0 Å². The summed E-state index contributed by atoms with van der Waals surface area (Å²) in [6.07, 6.45) is 2.38. The third-order valence-corrected chi connectivity index (χ3v) is 3.71. The van der Waals surface area contributed by atoms with Crippen molar-refractivity contribution in [3.05, 3.63) is 23.8 Å². The molecule has 0 saturated carbocycles. The second-order valence-electron chi connectivity index (χ2n) is 5.69. The maximum Gasteiger partial charge on any atom is 0.143 e. The van der Waals surface area contributed by atoms with Gasteiger partial charge in [-0.1, -0.05) is 26.8 Å². The fraction of sp³-hybridized carbons (Fsp3) is 0.625. The molecule has 0 bridgehead atoms. The SMILES string of the molecule is CCCN1CC(C(C)C)Oc2ccc(CCN)cc21. The fourth-order valence-corrected chi connectivity index (χ4v) is 2.58. The normalized spacial score (nSPS) is 18.4. The Morgan fingerprint density at radius 2 is 2.21 bits per heavy atom. The van der Waals surface area contributed by atoms with E-state index in [1.165, 1.54) is 11.3 Å². The average Bonchev–Trinajstić information content (AvgIpc) is 2.39. The Morgan fingerprint density at radius 1 is 1.42 bits per heavy atom. The number of nitrogens with two attached hydrogens (primary N) is 1. The van der Waals surface area contributed by atoms with Crippen molar-refractivity contribution in [1.82, 2.24) is 0 Å². The highest BCUT2D eigenvalue weighted by atomic mass is 16.5. The Balaban J connectivity index is 2.28. The first-order valence-corrected chi connectivity index (χ1v) is 7.40. The largest absolute Gasteiger partial charge is 0.486 e. The van der Waals surface area contributed by atoms with Gasteiger partial charge in [-0.05, 0) is 43.0 Å². The van der Waals surface area contributed by atoms with Crippen LogP contribution in [0.1, 0.15) is 32.8 Å². The first-order valence-electron chi connectivity index (χ1n) is 7.40. The van der Waals surface area contributed by atoms with Gasteiger partial charge < -0.3 is 15.4 Å². The molecule has 106 valence electrons. The maximum absolute atomic E-state index is 6.13. The van der Waals surface area contributed by atoms with Crippen molar-refractivity contribution in [2.75, 3.05) is 24.5 Å². The van der Waals surface area contributed by atoms with Gasteiger partial charge in [0.15, 0.2) is 0 Å². The third kappa shape index (κ3) is 3.21. The van der Waals surface area contributed by atoms with Gasteiger partial charge in [0.05, 0.1) is 12.2 Å². The Labute approximate surface area is 116 Å². The fourth-order valence-electron chi connectivity index (χ4n) is 2.58. The van der Waals surface area contributed by atoms with Crippen LogP contribution >= 0.6 is 0 Å². The van der Waals surface area contributed by atoms with Gasteiger partial charge in [0.1, 0.15) is 11.9 Å². The summed E-state index contributed by atoms with van der Waals surface area (Å²) in [6.45, 7) is 9.45. The number of anilines is 1. The summed E-state index contributed by atoms with van der Waals surface area (Å²) in [5.74, 6) is 1.57. The van der Waals surface area contributed by atoms with Crippen molar-refractivity contribution in [3.63, 3.8) is 0 Å². The molecule has 0 amide bonds. The lowest BCUT2D eigenvalue weighted by Gasteiger charge is -2.38. The molecule has 1 heterocycles. The number of hydrogen-bond acceptors (Lipinski definition) is 3. The highest BCUT2D eigenvalue weighted by molar-refractivity contribution is 5.61. The van der Waals surface area contributed by atoms with Gasteiger partial charge in [-0.3, -0.25) is 0 Å². The van der Waals surface area contributed by atoms with Crippen molar-refractivity contribution in [1.29, 1.82) is 0 Å². The van der Waals surface area contributed by atoms with Gasteiger partial charge in [-0.15, -0.1) is 0 Å². The van der Waals surface area contributed by atoms with Crippen molar-refractivity contribution < 1.29 is 4.74 Å². The van der Waals surface area contributed by atoms with Gasteiger partial charge in [-0.2, -0.15) is 0 Å². The molecule has 19 heavy (non-hydrogen) atoms. The van der Waals surface area contributed by atoms with Gasteiger partial charge in [0.25, 0.3) is 0 Å². The van der Waals surface area contributed by atoms with Gasteiger partial charge in [-0.25, -0.2) is 0 Å². The van der Waals surface area contributed by atoms with E-state index < -0.39 is 0 Å². The molecular formula is C16H26N2O. The average molecular weight is 262 g/mol. The second kappa shape index (κ2) is 6.29. The monoisotopic (exact) mass is 262 g/mol. The highest BCUT2D eigenvalue weighted by Gasteiger charge is 2.27. The molecule has 0 fully saturated rings. The molecule has 0 spiro atoms. The first-order chi connectivity index (χ1) is 9.15. The van der Waals surface area contributed by atoms with E-state index in [-0.39, 0.29) is 0 Å². The molecule has 1 unspecified atom stereocenters. The predicted molar refractivity (Wildman–Crippen MR) is 81.0 cm³/mol. The Kier molecular flexibility index (Phi) is 4.70. The van der Waals surface area contributed by atoms with Crippen molar-refractivity contribution in [3.8, 4) is 5.75 Å². The van der Waals surface area contributed by atoms with Gasteiger partial charge in [0, 0.05) is 6.54 Å². The van der Waals surface area contributed by atoms with Crippen LogP contribution in [0.15, 0.2) is 18.2 Å². The van der Waals surface area contributed by atoms with Crippen LogP contribution in [0.3, 0.4) is 0 Å². The van der Waals surface area contributed by atoms with Crippen LogP contribution in [0.5, 0.6) is 5.75 Å². The van der Waals surface area contributed by atoms with E-state index in [9.17, 15) is 0 Å². The second-order valence-corrected chi connectivity index (χ2v) is 5.69. The topological polar surface area (TPSA) is 38.5 Å². The lowest BCUT2D eigenvalue weighted by atomic mass is 10.0. The van der Waals surface area contributed by atoms with E-state index in [0.29, 0.717) is 18.6 Å². The molecule has 1 aromatic carbocycles. The smallest absolute Gasteiger partial charge is 0.143 e. The minimum absolute atomic E-state index is 0.291. The molecule has 0 saturated heterocycles. The number of ether oxygens (including phenoxy) is 1. The summed E-state index contributed by atoms with van der Waals surface area (Å²) in [4.78, 5) is 2.46. The van der Waals surface area contributed by atoms with E-state index >= 15 is 0 Å². The molecule has 0 radical (unpaired) electrons. The Morgan fingerprint density at radius 3 is 2.84 bits per heavy atom. The molecule has 3 heteroatoms. The van der Waals surface area contributed by atoms with Crippen molar-refractivity contribution >= 4 is 5.69 Å². The lowest BCUT2D eigenvalue weighted by molar-refractivity contribution is 0.145. The molecule has 1 aromatic rings. The zero-order chi connectivity index (χ0) is 13.8. The van der Waals surface area contributed by atoms with Crippen molar-refractivity contribution in [2.24, 2.45) is 11.7 Å². The molecule has 2 rings (SSSR count). The minimum atomic E-state index is 0.291. The van der Waals surface area contributed by atoms with E-state index in [2.05, 4.69) is 43.9 Å². The number of hydrogen-bond donors (Lipinski definition) is 1. The number of nitrogens with zero attached hydrogens (tertiary/aromatic N) is 1. The maximum atomic E-state index is 6.13.